The smallest absolute Gasteiger partial charge is 0.227 e. The highest BCUT2D eigenvalue weighted by Gasteiger charge is 2.37. The van der Waals surface area contributed by atoms with Gasteiger partial charge in [0.2, 0.25) is 5.89 Å². The fourth-order valence-corrected chi connectivity index (χ4v) is 11.9. The average Bonchev–Trinajstić information content (AvgIpc) is 4.00. The molecule has 14 rings (SSSR count). The summed E-state index contributed by atoms with van der Waals surface area (Å²) >= 11 is 0. The molecule has 0 radical (unpaired) electrons. The van der Waals surface area contributed by atoms with Crippen molar-refractivity contribution in [1.82, 2.24) is 9.97 Å². The number of hydrogen-bond acceptors (Lipinski definition) is 3. The van der Waals surface area contributed by atoms with Crippen molar-refractivity contribution in [3.8, 4) is 67.2 Å². The first-order valence-electron chi connectivity index (χ1n) is 23.4. The average molecular weight is 857 g/mol. The number of nitrogens with zero attached hydrogens (tertiary/aromatic N) is 2. The van der Waals surface area contributed by atoms with Gasteiger partial charge in [-0.15, -0.1) is 0 Å². The van der Waals surface area contributed by atoms with Crippen molar-refractivity contribution in [3.63, 3.8) is 0 Å². The van der Waals surface area contributed by atoms with E-state index in [1.165, 1.54) is 66.4 Å². The second-order valence-electron chi connectivity index (χ2n) is 19.6. The quantitative estimate of drug-likeness (QED) is 0.166. The summed E-state index contributed by atoms with van der Waals surface area (Å²) in [7, 11) is 0. The number of pyridine rings is 1. The van der Waals surface area contributed by atoms with Crippen molar-refractivity contribution in [2.24, 2.45) is 0 Å². The molecule has 2 aliphatic rings. The standard InChI is InChI=1S/C64H44N2O/c1-63(2)54-23-13-11-18-44(54)46-31-29-39(33-56(46)63)52-36-58(40-30-32-47-45-19-12-14-24-55(45)64(3,4)57(47)34-40)65-59-48-20-8-6-17-43(48)51(35-53(52)59)37-25-27-38(28-26-37)62-66-60-49-21-9-5-15-41(49)42-16-7-10-22-50(42)61(60)67-62/h5-36H,1-4H3. The van der Waals surface area contributed by atoms with Gasteiger partial charge in [-0.1, -0.05) is 185 Å². The summed E-state index contributed by atoms with van der Waals surface area (Å²) in [6.07, 6.45) is 0. The Bertz CT molecular complexity index is 4020. The molecule has 0 atom stereocenters. The van der Waals surface area contributed by atoms with E-state index in [0.717, 1.165) is 71.5 Å². The molecule has 0 saturated heterocycles. The Morgan fingerprint density at radius 3 is 1.43 bits per heavy atom. The van der Waals surface area contributed by atoms with Crippen LogP contribution in [-0.2, 0) is 10.8 Å². The van der Waals surface area contributed by atoms with Gasteiger partial charge in [0.05, 0.1) is 11.2 Å². The summed E-state index contributed by atoms with van der Waals surface area (Å²) in [5.74, 6) is 0.617. The van der Waals surface area contributed by atoms with Gasteiger partial charge < -0.3 is 4.42 Å². The molecule has 0 unspecified atom stereocenters. The maximum absolute atomic E-state index is 6.66. The predicted octanol–water partition coefficient (Wildman–Crippen LogP) is 17.1. The third-order valence-electron chi connectivity index (χ3n) is 15.3. The van der Waals surface area contributed by atoms with Crippen molar-refractivity contribution >= 4 is 54.3 Å². The lowest BCUT2D eigenvalue weighted by Crippen LogP contribution is -2.15. The minimum Gasteiger partial charge on any atom is -0.435 e. The van der Waals surface area contributed by atoms with Crippen LogP contribution in [0.5, 0.6) is 0 Å². The van der Waals surface area contributed by atoms with Gasteiger partial charge in [0.25, 0.3) is 0 Å². The van der Waals surface area contributed by atoms with E-state index in [9.17, 15) is 0 Å². The number of hydrogen-bond donors (Lipinski definition) is 0. The predicted molar refractivity (Wildman–Crippen MR) is 279 cm³/mol. The first-order chi connectivity index (χ1) is 32.7. The molecule has 2 aliphatic carbocycles. The highest BCUT2D eigenvalue weighted by Crippen LogP contribution is 2.52. The molecule has 316 valence electrons. The largest absolute Gasteiger partial charge is 0.435 e. The van der Waals surface area contributed by atoms with Crippen molar-refractivity contribution in [2.45, 2.75) is 38.5 Å². The molecule has 0 fully saturated rings. The fraction of sp³-hybridized carbons (Fsp3) is 0.0938. The highest BCUT2D eigenvalue weighted by molar-refractivity contribution is 6.23. The van der Waals surface area contributed by atoms with E-state index in [0.29, 0.717) is 5.89 Å². The molecule has 0 bridgehead atoms. The van der Waals surface area contributed by atoms with Gasteiger partial charge in [0.15, 0.2) is 5.58 Å². The topological polar surface area (TPSA) is 38.9 Å². The van der Waals surface area contributed by atoms with E-state index in [-0.39, 0.29) is 10.8 Å². The van der Waals surface area contributed by atoms with Crippen LogP contribution in [0.1, 0.15) is 49.9 Å². The van der Waals surface area contributed by atoms with Crippen LogP contribution in [-0.4, -0.2) is 9.97 Å². The zero-order chi connectivity index (χ0) is 44.8. The van der Waals surface area contributed by atoms with Gasteiger partial charge in [0, 0.05) is 43.5 Å². The molecule has 67 heavy (non-hydrogen) atoms. The lowest BCUT2D eigenvalue weighted by atomic mass is 9.81. The molecular weight excluding hydrogens is 813 g/mol. The van der Waals surface area contributed by atoms with Crippen LogP contribution in [0.3, 0.4) is 0 Å². The Morgan fingerprint density at radius 2 is 0.776 bits per heavy atom. The molecule has 0 amide bonds. The zero-order valence-corrected chi connectivity index (χ0v) is 37.8. The number of fused-ring (bicyclic) bond motifs is 15. The highest BCUT2D eigenvalue weighted by atomic mass is 16.3. The van der Waals surface area contributed by atoms with Crippen LogP contribution < -0.4 is 0 Å². The van der Waals surface area contributed by atoms with E-state index < -0.39 is 0 Å². The first kappa shape index (κ1) is 38.2. The summed E-state index contributed by atoms with van der Waals surface area (Å²) in [6, 6.07) is 71.0. The third kappa shape index (κ3) is 5.40. The number of oxazole rings is 1. The second kappa shape index (κ2) is 13.7. The molecule has 10 aromatic carbocycles. The number of aromatic nitrogens is 2. The van der Waals surface area contributed by atoms with Crippen LogP contribution in [0, 0.1) is 0 Å². The van der Waals surface area contributed by atoms with E-state index in [1.54, 1.807) is 0 Å². The summed E-state index contributed by atoms with van der Waals surface area (Å²) in [5, 5.41) is 7.94. The van der Waals surface area contributed by atoms with Gasteiger partial charge in [-0.2, -0.15) is 0 Å². The van der Waals surface area contributed by atoms with E-state index in [2.05, 4.69) is 222 Å². The van der Waals surface area contributed by atoms with E-state index >= 15 is 0 Å². The van der Waals surface area contributed by atoms with Gasteiger partial charge >= 0.3 is 0 Å². The molecular formula is C64H44N2O. The molecule has 3 heteroatoms. The molecule has 2 aromatic heterocycles. The minimum atomic E-state index is -0.136. The summed E-state index contributed by atoms with van der Waals surface area (Å²) in [5.41, 5.74) is 20.9. The van der Waals surface area contributed by atoms with Gasteiger partial charge in [-0.05, 0) is 119 Å². The maximum atomic E-state index is 6.66. The Hall–Kier alpha value is -8.14. The number of benzene rings is 10. The van der Waals surface area contributed by atoms with Crippen LogP contribution in [0.4, 0.5) is 0 Å². The third-order valence-corrected chi connectivity index (χ3v) is 15.3. The normalized spacial score (nSPS) is 14.2. The van der Waals surface area contributed by atoms with Gasteiger partial charge in [-0.3, -0.25) is 0 Å². The Labute approximate surface area is 389 Å². The molecule has 0 spiro atoms. The zero-order valence-electron chi connectivity index (χ0n) is 37.8. The molecule has 12 aromatic rings. The minimum absolute atomic E-state index is 0.122. The van der Waals surface area contributed by atoms with Crippen LogP contribution in [0.25, 0.3) is 122 Å². The molecule has 0 aliphatic heterocycles. The molecule has 2 heterocycles. The SMILES string of the molecule is CC1(C)c2ccccc2-c2ccc(-c3cc(-c4ccc5c(c4)C(C)(C)c4ccccc4-5)c4cc(-c5ccc(-c6nc7c8ccccc8c8ccccc8c7o6)cc5)c5ccccc5c4n3)cc21. The van der Waals surface area contributed by atoms with Gasteiger partial charge in [0.1, 0.15) is 5.52 Å². The lowest BCUT2D eigenvalue weighted by molar-refractivity contribution is 0.623. The van der Waals surface area contributed by atoms with Crippen molar-refractivity contribution in [1.29, 1.82) is 0 Å². The first-order valence-corrected chi connectivity index (χ1v) is 23.4. The molecule has 0 N–H and O–H groups in total. The van der Waals surface area contributed by atoms with Crippen LogP contribution in [0.15, 0.2) is 199 Å². The van der Waals surface area contributed by atoms with Crippen LogP contribution in [0.2, 0.25) is 0 Å². The lowest BCUT2D eigenvalue weighted by Gasteiger charge is -2.23. The molecule has 3 nitrogen and oxygen atoms in total. The monoisotopic (exact) mass is 856 g/mol. The van der Waals surface area contributed by atoms with E-state index in [4.69, 9.17) is 14.4 Å². The van der Waals surface area contributed by atoms with E-state index in [1.807, 2.05) is 0 Å². The van der Waals surface area contributed by atoms with Crippen molar-refractivity contribution in [2.75, 3.05) is 0 Å². The summed E-state index contributed by atoms with van der Waals surface area (Å²) < 4.78 is 6.66. The summed E-state index contributed by atoms with van der Waals surface area (Å²) in [4.78, 5) is 10.8. The second-order valence-corrected chi connectivity index (χ2v) is 19.6. The van der Waals surface area contributed by atoms with Gasteiger partial charge in [-0.25, -0.2) is 9.97 Å². The maximum Gasteiger partial charge on any atom is 0.227 e. The van der Waals surface area contributed by atoms with Crippen molar-refractivity contribution < 1.29 is 4.42 Å². The Balaban J connectivity index is 0.960. The fourth-order valence-electron chi connectivity index (χ4n) is 11.9. The van der Waals surface area contributed by atoms with Crippen LogP contribution >= 0.6 is 0 Å². The molecule has 0 saturated carbocycles. The number of rotatable bonds is 4. The summed E-state index contributed by atoms with van der Waals surface area (Å²) in [6.45, 7) is 9.43. The van der Waals surface area contributed by atoms with Crippen molar-refractivity contribution in [3.05, 3.63) is 216 Å². The Morgan fingerprint density at radius 1 is 0.313 bits per heavy atom. The Kier molecular flexibility index (Phi) is 7.80.